The number of ether oxygens (including phenoxy) is 2. The van der Waals surface area contributed by atoms with Crippen LogP contribution in [0.4, 0.5) is 10.5 Å². The van der Waals surface area contributed by atoms with Crippen LogP contribution in [0.2, 0.25) is 10.0 Å². The molecule has 2 atom stereocenters. The molecule has 0 radical (unpaired) electrons. The fraction of sp³-hybridized carbons (Fsp3) is 0.390. The van der Waals surface area contributed by atoms with E-state index >= 15 is 4.79 Å². The monoisotopic (exact) mass is 771 g/mol. The van der Waals surface area contributed by atoms with Gasteiger partial charge in [0.2, 0.25) is 11.8 Å². The van der Waals surface area contributed by atoms with Crippen LogP contribution in [0.5, 0.6) is 11.6 Å². The number of nitrogens with one attached hydrogen (secondary N) is 1. The van der Waals surface area contributed by atoms with Crippen molar-refractivity contribution >= 4 is 46.7 Å². The van der Waals surface area contributed by atoms with Crippen LogP contribution in [0.1, 0.15) is 63.9 Å². The van der Waals surface area contributed by atoms with Gasteiger partial charge in [-0.25, -0.2) is 9.78 Å². The van der Waals surface area contributed by atoms with Crippen molar-refractivity contribution in [2.45, 2.75) is 58.0 Å². The van der Waals surface area contributed by atoms with E-state index in [0.29, 0.717) is 71.5 Å². The van der Waals surface area contributed by atoms with Gasteiger partial charge in [-0.2, -0.15) is 0 Å². The van der Waals surface area contributed by atoms with Gasteiger partial charge in [0, 0.05) is 65.8 Å². The quantitative estimate of drug-likeness (QED) is 0.185. The Kier molecular flexibility index (Phi) is 11.2. The lowest BCUT2D eigenvalue weighted by molar-refractivity contribution is -0.117. The molecule has 0 unspecified atom stereocenters. The zero-order chi connectivity index (χ0) is 38.8. The van der Waals surface area contributed by atoms with Crippen LogP contribution in [0.3, 0.4) is 0 Å². The van der Waals surface area contributed by atoms with Crippen LogP contribution in [-0.2, 0) is 21.3 Å². The van der Waals surface area contributed by atoms with E-state index in [9.17, 15) is 4.79 Å². The summed E-state index contributed by atoms with van der Waals surface area (Å²) in [5.41, 5.74) is 1.37. The number of pyridine rings is 2. The largest absolute Gasteiger partial charge is 0.493 e. The number of carbonyl (C=O) groups excluding carboxylic acids is 2. The molecule has 11 nitrogen and oxygen atoms in total. The third-order valence-electron chi connectivity index (χ3n) is 10.4. The van der Waals surface area contributed by atoms with Gasteiger partial charge in [-0.1, -0.05) is 68.2 Å². The van der Waals surface area contributed by atoms with Gasteiger partial charge in [-0.15, -0.1) is 0 Å². The number of piperazine rings is 1. The highest BCUT2D eigenvalue weighted by Crippen LogP contribution is 2.54. The van der Waals surface area contributed by atoms with Gasteiger partial charge < -0.3 is 19.7 Å². The van der Waals surface area contributed by atoms with Gasteiger partial charge in [0.25, 0.3) is 0 Å². The van der Waals surface area contributed by atoms with Gasteiger partial charge in [0.05, 0.1) is 25.8 Å². The molecule has 6 rings (SSSR count). The molecule has 1 N–H and O–H groups in total. The molecule has 0 saturated carbocycles. The van der Waals surface area contributed by atoms with E-state index in [1.807, 2.05) is 85.2 Å². The van der Waals surface area contributed by atoms with Gasteiger partial charge in [-0.05, 0) is 68.3 Å². The van der Waals surface area contributed by atoms with Crippen LogP contribution in [0.15, 0.2) is 84.1 Å². The molecule has 2 aromatic carbocycles. The van der Waals surface area contributed by atoms with Gasteiger partial charge in [0.1, 0.15) is 28.4 Å². The molecule has 2 aliphatic rings. The number of carbonyl (C=O) groups is 2. The number of amidine groups is 1. The fourth-order valence-corrected chi connectivity index (χ4v) is 7.39. The third-order valence-corrected chi connectivity index (χ3v) is 10.9. The maximum Gasteiger partial charge on any atom is 0.326 e. The third kappa shape index (κ3) is 7.49. The number of anilines is 1. The lowest BCUT2D eigenvalue weighted by atomic mass is 9.71. The first-order chi connectivity index (χ1) is 25.7. The number of amides is 3. The molecule has 0 spiro atoms. The first kappa shape index (κ1) is 39.0. The average Bonchev–Trinajstić information content (AvgIpc) is 3.39. The second kappa shape index (κ2) is 15.6. The van der Waals surface area contributed by atoms with Crippen LogP contribution in [0.25, 0.3) is 0 Å². The lowest BCUT2D eigenvalue weighted by Crippen LogP contribution is -2.61. The van der Waals surface area contributed by atoms with Gasteiger partial charge in [0.15, 0.2) is 0 Å². The lowest BCUT2D eigenvalue weighted by Gasteiger charge is -2.47. The highest BCUT2D eigenvalue weighted by atomic mass is 35.5. The smallest absolute Gasteiger partial charge is 0.326 e. The molecule has 1 saturated heterocycles. The summed E-state index contributed by atoms with van der Waals surface area (Å²) in [6.45, 7) is 14.6. The minimum atomic E-state index is -1.07. The van der Waals surface area contributed by atoms with Crippen molar-refractivity contribution in [2.24, 2.45) is 4.99 Å². The van der Waals surface area contributed by atoms with Crippen molar-refractivity contribution in [1.29, 1.82) is 0 Å². The number of nitrogens with zero attached hydrogens (tertiary/aromatic N) is 6. The Morgan fingerprint density at radius 3 is 2.13 bits per heavy atom. The molecule has 3 amide bonds. The summed E-state index contributed by atoms with van der Waals surface area (Å²) in [7, 11) is 1.51. The molecule has 13 heteroatoms. The molecule has 54 heavy (non-hydrogen) atoms. The van der Waals surface area contributed by atoms with E-state index in [4.69, 9.17) is 42.7 Å². The maximum absolute atomic E-state index is 15.3. The topological polar surface area (TPSA) is 112 Å². The number of hydrogen-bond acceptors (Lipinski definition) is 8. The summed E-state index contributed by atoms with van der Waals surface area (Å²) in [6.07, 6.45) is 3.38. The zero-order valence-corrected chi connectivity index (χ0v) is 33.3. The van der Waals surface area contributed by atoms with Crippen molar-refractivity contribution in [3.05, 3.63) is 112 Å². The summed E-state index contributed by atoms with van der Waals surface area (Å²) in [5.74, 6) is 1.18. The average molecular weight is 773 g/mol. The van der Waals surface area contributed by atoms with Gasteiger partial charge >= 0.3 is 6.03 Å². The van der Waals surface area contributed by atoms with Crippen molar-refractivity contribution in [2.75, 3.05) is 51.8 Å². The van der Waals surface area contributed by atoms with Crippen molar-refractivity contribution in [3.8, 4) is 11.6 Å². The second-order valence-electron chi connectivity index (χ2n) is 14.8. The van der Waals surface area contributed by atoms with E-state index in [2.05, 4.69) is 31.1 Å². The maximum atomic E-state index is 15.3. The molecule has 0 bridgehead atoms. The van der Waals surface area contributed by atoms with Crippen molar-refractivity contribution < 1.29 is 19.1 Å². The minimum absolute atomic E-state index is 0.150. The highest BCUT2D eigenvalue weighted by molar-refractivity contribution is 6.30. The van der Waals surface area contributed by atoms with E-state index in [1.54, 1.807) is 29.4 Å². The number of benzene rings is 2. The van der Waals surface area contributed by atoms with Crippen LogP contribution >= 0.6 is 23.2 Å². The summed E-state index contributed by atoms with van der Waals surface area (Å²) >= 11 is 12.8. The normalized spacial score (nSPS) is 20.4. The van der Waals surface area contributed by atoms with Crippen molar-refractivity contribution in [3.63, 3.8) is 0 Å². The first-order valence-electron chi connectivity index (χ1n) is 18.1. The van der Waals surface area contributed by atoms with Crippen LogP contribution < -0.4 is 14.8 Å². The number of hydrogen-bond donors (Lipinski definition) is 1. The van der Waals surface area contributed by atoms with Crippen LogP contribution in [0, 0.1) is 0 Å². The number of aromatic nitrogens is 2. The number of rotatable bonds is 9. The standard InChI is InChI=1S/C41H47Cl2N7O4/c1-8-54-33-24-34(39(2,3)4)45-25-31(33)36-47-40(5,27-11-15-29(42)16-12-27)41(6,28-13-17-30(43)18-14-28)50(36)38(52)49-22-20-48(21-23-49)26-35(51)46-32-10-9-19-44-37(32)53-7/h9-19,24-25H,8,20-23,26H2,1-7H3,(H,46,51)/t40-,41-/m1/s1. The number of halogens is 2. The van der Waals surface area contributed by atoms with E-state index in [0.717, 1.165) is 16.8 Å². The Balaban J connectivity index is 1.39. The SMILES string of the molecule is CCOc1cc(C(C)(C)C)ncc1C1=N[C@](C)(c2ccc(Cl)cc2)[C@@](C)(c2ccc(Cl)cc2)N1C(=O)N1CCN(CC(=O)Nc2cccnc2OC)CC1. The number of methoxy groups -OCH3 is 1. The fourth-order valence-electron chi connectivity index (χ4n) is 7.14. The summed E-state index contributed by atoms with van der Waals surface area (Å²) in [4.78, 5) is 48.6. The Hall–Kier alpha value is -4.71. The Labute approximate surface area is 327 Å². The first-order valence-corrected chi connectivity index (χ1v) is 18.8. The minimum Gasteiger partial charge on any atom is -0.493 e. The Morgan fingerprint density at radius 1 is 0.907 bits per heavy atom. The highest BCUT2D eigenvalue weighted by Gasteiger charge is 2.60. The van der Waals surface area contributed by atoms with Crippen molar-refractivity contribution in [1.82, 2.24) is 24.7 Å². The molecular weight excluding hydrogens is 725 g/mol. The molecular formula is C41H47Cl2N7O4. The summed E-state index contributed by atoms with van der Waals surface area (Å²) < 4.78 is 11.6. The molecule has 2 aliphatic heterocycles. The summed E-state index contributed by atoms with van der Waals surface area (Å²) in [6, 6.07) is 20.4. The molecule has 0 aliphatic carbocycles. The van der Waals surface area contributed by atoms with E-state index in [-0.39, 0.29) is 23.9 Å². The predicted molar refractivity (Wildman–Crippen MR) is 213 cm³/mol. The second-order valence-corrected chi connectivity index (χ2v) is 15.7. The number of urea groups is 1. The molecule has 2 aromatic heterocycles. The summed E-state index contributed by atoms with van der Waals surface area (Å²) in [5, 5.41) is 4.07. The Bertz CT molecular complexity index is 2030. The van der Waals surface area contributed by atoms with Crippen LogP contribution in [-0.4, -0.2) is 88.9 Å². The molecule has 4 heterocycles. The van der Waals surface area contributed by atoms with E-state index < -0.39 is 11.1 Å². The zero-order valence-electron chi connectivity index (χ0n) is 31.8. The Morgan fingerprint density at radius 2 is 1.54 bits per heavy atom. The predicted octanol–water partition coefficient (Wildman–Crippen LogP) is 7.76. The van der Waals surface area contributed by atoms with Gasteiger partial charge in [-0.3, -0.25) is 24.6 Å². The molecule has 4 aromatic rings. The molecule has 1 fully saturated rings. The van der Waals surface area contributed by atoms with E-state index in [1.165, 1.54) is 7.11 Å². The number of aliphatic imine (C=N–C) groups is 1. The molecule has 284 valence electrons.